The second-order valence-corrected chi connectivity index (χ2v) is 12.3. The highest BCUT2D eigenvalue weighted by molar-refractivity contribution is 6.08. The van der Waals surface area contributed by atoms with Crippen LogP contribution in [0.2, 0.25) is 0 Å². The Balaban J connectivity index is 1.25. The highest BCUT2D eigenvalue weighted by atomic mass is 16.3. The van der Waals surface area contributed by atoms with Crippen LogP contribution in [0.5, 0.6) is 0 Å². The summed E-state index contributed by atoms with van der Waals surface area (Å²) in [6.07, 6.45) is 0. The van der Waals surface area contributed by atoms with E-state index in [9.17, 15) is 15.8 Å². The maximum atomic E-state index is 10.3. The standard InChI is InChI=1S/C45H23N3O2/c46-24-27-9-14-43-39(17-27)41-23-30(12-16-45(41)50-43)34-20-32(28-10-13-37(35(18-28)26-48)36-6-2-1-5-31(36)25-47)19-33(21-34)29-11-15-44-40(22-29)38-7-3-4-8-42(38)49-44/h1-23H. The van der Waals surface area contributed by atoms with Gasteiger partial charge in [0, 0.05) is 32.7 Å². The highest BCUT2D eigenvalue weighted by Crippen LogP contribution is 2.39. The maximum absolute atomic E-state index is 10.3. The molecule has 2 aromatic heterocycles. The van der Waals surface area contributed by atoms with Gasteiger partial charge in [0.15, 0.2) is 0 Å². The van der Waals surface area contributed by atoms with Crippen LogP contribution in [0.3, 0.4) is 0 Å². The number of nitrogens with zero attached hydrogens (tertiary/aromatic N) is 3. The lowest BCUT2D eigenvalue weighted by Gasteiger charge is -2.13. The normalized spacial score (nSPS) is 11.1. The molecule has 0 spiro atoms. The predicted octanol–water partition coefficient (Wildman–Crippen LogP) is 11.8. The summed E-state index contributed by atoms with van der Waals surface area (Å²) in [5.74, 6) is 0. The summed E-state index contributed by atoms with van der Waals surface area (Å²) in [7, 11) is 0. The van der Waals surface area contributed by atoms with Gasteiger partial charge in [0.2, 0.25) is 0 Å². The number of fused-ring (bicyclic) bond motifs is 6. The van der Waals surface area contributed by atoms with E-state index in [-0.39, 0.29) is 0 Å². The topological polar surface area (TPSA) is 97.6 Å². The quantitative estimate of drug-likeness (QED) is 0.191. The minimum absolute atomic E-state index is 0.489. The third-order valence-corrected chi connectivity index (χ3v) is 9.39. The number of hydrogen-bond acceptors (Lipinski definition) is 5. The van der Waals surface area contributed by atoms with Crippen molar-refractivity contribution in [2.45, 2.75) is 0 Å². The van der Waals surface area contributed by atoms with E-state index in [0.717, 1.165) is 88.4 Å². The molecule has 0 fully saturated rings. The summed E-state index contributed by atoms with van der Waals surface area (Å²) in [5.41, 5.74) is 12.0. The molecular weight excluding hydrogens is 615 g/mol. The number of para-hydroxylation sites is 1. The fourth-order valence-corrected chi connectivity index (χ4v) is 6.93. The Morgan fingerprint density at radius 3 is 1.50 bits per heavy atom. The lowest BCUT2D eigenvalue weighted by Crippen LogP contribution is -1.91. The van der Waals surface area contributed by atoms with E-state index in [1.54, 1.807) is 12.1 Å². The van der Waals surface area contributed by atoms with Gasteiger partial charge in [-0.1, -0.05) is 60.7 Å². The van der Waals surface area contributed by atoms with Crippen molar-refractivity contribution in [3.8, 4) is 62.7 Å². The Morgan fingerprint density at radius 2 is 0.840 bits per heavy atom. The lowest BCUT2D eigenvalue weighted by atomic mass is 9.90. The van der Waals surface area contributed by atoms with Crippen molar-refractivity contribution in [1.29, 1.82) is 15.8 Å². The molecule has 0 bridgehead atoms. The summed E-state index contributed by atoms with van der Waals surface area (Å²) < 4.78 is 12.2. The van der Waals surface area contributed by atoms with Crippen LogP contribution >= 0.6 is 0 Å². The Bertz CT molecular complexity index is 2980. The first kappa shape index (κ1) is 28.8. The van der Waals surface area contributed by atoms with Crippen LogP contribution in [-0.2, 0) is 0 Å². The van der Waals surface area contributed by atoms with Gasteiger partial charge in [0.25, 0.3) is 0 Å². The first-order valence-corrected chi connectivity index (χ1v) is 16.1. The number of hydrogen-bond donors (Lipinski definition) is 0. The molecule has 0 aliphatic carbocycles. The number of furan rings is 2. The average Bonchev–Trinajstić information content (AvgIpc) is 3.74. The molecule has 5 heteroatoms. The van der Waals surface area contributed by atoms with Crippen LogP contribution in [0.25, 0.3) is 88.4 Å². The molecule has 0 N–H and O–H groups in total. The zero-order valence-corrected chi connectivity index (χ0v) is 26.4. The first-order chi connectivity index (χ1) is 24.6. The molecule has 0 unspecified atom stereocenters. The molecule has 50 heavy (non-hydrogen) atoms. The summed E-state index contributed by atoms with van der Waals surface area (Å²) in [6.45, 7) is 0. The smallest absolute Gasteiger partial charge is 0.135 e. The molecule has 0 aliphatic rings. The lowest BCUT2D eigenvalue weighted by molar-refractivity contribution is 0.668. The molecule has 9 aromatic rings. The van der Waals surface area contributed by atoms with Gasteiger partial charge in [0.1, 0.15) is 22.3 Å². The van der Waals surface area contributed by atoms with E-state index in [4.69, 9.17) is 8.83 Å². The summed E-state index contributed by atoms with van der Waals surface area (Å²) in [5, 5.41) is 33.5. The second-order valence-electron chi connectivity index (χ2n) is 12.3. The number of nitriles is 3. The molecule has 7 aromatic carbocycles. The number of benzene rings is 7. The molecule has 0 saturated heterocycles. The average molecular weight is 638 g/mol. The first-order valence-electron chi connectivity index (χ1n) is 16.1. The summed E-state index contributed by atoms with van der Waals surface area (Å²) in [6, 6.07) is 52.4. The van der Waals surface area contributed by atoms with Crippen LogP contribution in [0.15, 0.2) is 148 Å². The molecular formula is C45H23N3O2. The summed E-state index contributed by atoms with van der Waals surface area (Å²) in [4.78, 5) is 0. The van der Waals surface area contributed by atoms with Gasteiger partial charge in [-0.15, -0.1) is 0 Å². The second kappa shape index (κ2) is 11.4. The van der Waals surface area contributed by atoms with Crippen molar-refractivity contribution in [1.82, 2.24) is 0 Å². The minimum atomic E-state index is 0.489. The van der Waals surface area contributed by atoms with Crippen molar-refractivity contribution in [3.05, 3.63) is 156 Å². The van der Waals surface area contributed by atoms with E-state index in [0.29, 0.717) is 16.7 Å². The highest BCUT2D eigenvalue weighted by Gasteiger charge is 2.16. The SMILES string of the molecule is N#Cc1ccc2oc3ccc(-c4cc(-c5ccc(-c6ccccc6C#N)c(C#N)c5)cc(-c5ccc6oc7ccccc7c6c5)c4)cc3c2c1. The van der Waals surface area contributed by atoms with Crippen LogP contribution in [0.4, 0.5) is 0 Å². The molecule has 0 amide bonds. The summed E-state index contributed by atoms with van der Waals surface area (Å²) >= 11 is 0. The maximum Gasteiger partial charge on any atom is 0.135 e. The molecule has 0 atom stereocenters. The Kier molecular flexibility index (Phi) is 6.56. The molecule has 0 saturated carbocycles. The molecule has 0 radical (unpaired) electrons. The zero-order chi connectivity index (χ0) is 33.8. The van der Waals surface area contributed by atoms with E-state index in [1.165, 1.54) is 0 Å². The van der Waals surface area contributed by atoms with Gasteiger partial charge in [-0.25, -0.2) is 0 Å². The van der Waals surface area contributed by atoms with Crippen molar-refractivity contribution in [3.63, 3.8) is 0 Å². The van der Waals surface area contributed by atoms with Gasteiger partial charge in [-0.05, 0) is 112 Å². The van der Waals surface area contributed by atoms with E-state index < -0.39 is 0 Å². The van der Waals surface area contributed by atoms with Crippen molar-refractivity contribution in [2.75, 3.05) is 0 Å². The van der Waals surface area contributed by atoms with Gasteiger partial charge in [-0.2, -0.15) is 15.8 Å². The molecule has 0 aliphatic heterocycles. The van der Waals surface area contributed by atoms with Gasteiger partial charge in [0.05, 0.1) is 34.9 Å². The van der Waals surface area contributed by atoms with E-state index in [1.807, 2.05) is 84.9 Å². The van der Waals surface area contributed by atoms with Gasteiger partial charge >= 0.3 is 0 Å². The van der Waals surface area contributed by atoms with Crippen LogP contribution in [0.1, 0.15) is 16.7 Å². The molecule has 5 nitrogen and oxygen atoms in total. The number of rotatable bonds is 4. The van der Waals surface area contributed by atoms with Crippen molar-refractivity contribution in [2.24, 2.45) is 0 Å². The Hall–Kier alpha value is -7.39. The van der Waals surface area contributed by atoms with Crippen LogP contribution < -0.4 is 0 Å². The van der Waals surface area contributed by atoms with E-state index in [2.05, 4.69) is 60.7 Å². The third-order valence-electron chi connectivity index (χ3n) is 9.39. The molecule has 9 rings (SSSR count). The largest absolute Gasteiger partial charge is 0.456 e. The fraction of sp³-hybridized carbons (Fsp3) is 0. The van der Waals surface area contributed by atoms with E-state index >= 15 is 0 Å². The fourth-order valence-electron chi connectivity index (χ4n) is 6.93. The van der Waals surface area contributed by atoms with Crippen molar-refractivity contribution >= 4 is 43.9 Å². The van der Waals surface area contributed by atoms with Gasteiger partial charge < -0.3 is 8.83 Å². The molecule has 2 heterocycles. The molecule has 230 valence electrons. The minimum Gasteiger partial charge on any atom is -0.456 e. The van der Waals surface area contributed by atoms with Gasteiger partial charge in [-0.3, -0.25) is 0 Å². The predicted molar refractivity (Wildman–Crippen MR) is 197 cm³/mol. The van der Waals surface area contributed by atoms with Crippen LogP contribution in [-0.4, -0.2) is 0 Å². The Morgan fingerprint density at radius 1 is 0.340 bits per heavy atom. The monoisotopic (exact) mass is 637 g/mol. The van der Waals surface area contributed by atoms with Crippen molar-refractivity contribution < 1.29 is 8.83 Å². The third kappa shape index (κ3) is 4.69. The zero-order valence-electron chi connectivity index (χ0n) is 26.4. The van der Waals surface area contributed by atoms with Crippen LogP contribution in [0, 0.1) is 34.0 Å². The Labute approximate surface area is 286 Å².